The summed E-state index contributed by atoms with van der Waals surface area (Å²) in [7, 11) is 0. The molecule has 0 fully saturated rings. The largest absolute Gasteiger partial charge is 0.484 e. The van der Waals surface area contributed by atoms with E-state index in [4.69, 9.17) is 16.3 Å². The maximum absolute atomic E-state index is 13.1. The van der Waals surface area contributed by atoms with Crippen molar-refractivity contribution in [1.82, 2.24) is 10.2 Å². The van der Waals surface area contributed by atoms with E-state index in [9.17, 15) is 9.59 Å². The summed E-state index contributed by atoms with van der Waals surface area (Å²) in [5, 5.41) is 3.62. The number of halogens is 1. The minimum absolute atomic E-state index is 0.0441. The van der Waals surface area contributed by atoms with Gasteiger partial charge in [0, 0.05) is 17.6 Å². The van der Waals surface area contributed by atoms with Gasteiger partial charge in [-0.25, -0.2) is 0 Å². The molecule has 2 amide bonds. The Bertz CT molecular complexity index is 839. The van der Waals surface area contributed by atoms with Crippen molar-refractivity contribution in [3.05, 3.63) is 64.7 Å². The number of nitrogens with zero attached hydrogens (tertiary/aromatic N) is 1. The van der Waals surface area contributed by atoms with Crippen LogP contribution < -0.4 is 10.1 Å². The molecular formula is C24H31ClN2O3. The average Bonchev–Trinajstić information content (AvgIpc) is 2.73. The van der Waals surface area contributed by atoms with E-state index in [2.05, 4.69) is 5.32 Å². The zero-order chi connectivity index (χ0) is 22.1. The van der Waals surface area contributed by atoms with Crippen LogP contribution in [-0.2, 0) is 16.1 Å². The third kappa shape index (κ3) is 7.06. The van der Waals surface area contributed by atoms with Crippen molar-refractivity contribution in [3.63, 3.8) is 0 Å². The minimum Gasteiger partial charge on any atom is -0.484 e. The fourth-order valence-electron chi connectivity index (χ4n) is 3.08. The number of amides is 2. The van der Waals surface area contributed by atoms with Crippen LogP contribution in [0.2, 0.25) is 5.02 Å². The van der Waals surface area contributed by atoms with E-state index in [1.807, 2.05) is 64.1 Å². The first kappa shape index (κ1) is 23.7. The van der Waals surface area contributed by atoms with Gasteiger partial charge in [0.2, 0.25) is 5.91 Å². The summed E-state index contributed by atoms with van der Waals surface area (Å²) in [5.41, 5.74) is 1.95. The number of ether oxygens (including phenoxy) is 1. The van der Waals surface area contributed by atoms with E-state index in [-0.39, 0.29) is 24.5 Å². The number of rotatable bonds is 10. The lowest BCUT2D eigenvalue weighted by molar-refractivity contribution is -0.143. The molecule has 0 bridgehead atoms. The van der Waals surface area contributed by atoms with Crippen LogP contribution in [0.5, 0.6) is 5.75 Å². The summed E-state index contributed by atoms with van der Waals surface area (Å²) in [6, 6.07) is 14.3. The third-order valence-electron chi connectivity index (χ3n) is 5.00. The monoisotopic (exact) mass is 430 g/mol. The van der Waals surface area contributed by atoms with Gasteiger partial charge >= 0.3 is 0 Å². The van der Waals surface area contributed by atoms with Gasteiger partial charge in [0.1, 0.15) is 11.8 Å². The Balaban J connectivity index is 2.20. The number of carbonyl (C=O) groups excluding carboxylic acids is 2. The highest BCUT2D eigenvalue weighted by molar-refractivity contribution is 6.30. The van der Waals surface area contributed by atoms with Gasteiger partial charge in [0.15, 0.2) is 6.61 Å². The SMILES string of the molecule is CCC(C)NC(=O)C(CC)N(Cc1ccc(Cl)cc1)C(=O)COc1cccc(C)c1. The first-order valence-corrected chi connectivity index (χ1v) is 10.8. The van der Waals surface area contributed by atoms with E-state index in [1.54, 1.807) is 17.0 Å². The molecule has 0 aliphatic carbocycles. The predicted octanol–water partition coefficient (Wildman–Crippen LogP) is 4.75. The van der Waals surface area contributed by atoms with E-state index in [0.29, 0.717) is 23.7 Å². The minimum atomic E-state index is -0.580. The van der Waals surface area contributed by atoms with Crippen molar-refractivity contribution in [2.24, 2.45) is 0 Å². The lowest BCUT2D eigenvalue weighted by Crippen LogP contribution is -2.51. The van der Waals surface area contributed by atoms with E-state index in [1.165, 1.54) is 0 Å². The Morgan fingerprint density at radius 3 is 2.40 bits per heavy atom. The van der Waals surface area contributed by atoms with Crippen molar-refractivity contribution >= 4 is 23.4 Å². The highest BCUT2D eigenvalue weighted by atomic mass is 35.5. The third-order valence-corrected chi connectivity index (χ3v) is 5.26. The summed E-state index contributed by atoms with van der Waals surface area (Å²) in [5.74, 6) is 0.245. The molecular weight excluding hydrogens is 400 g/mol. The zero-order valence-electron chi connectivity index (χ0n) is 18.2. The van der Waals surface area contributed by atoms with Gasteiger partial charge in [-0.3, -0.25) is 9.59 Å². The van der Waals surface area contributed by atoms with E-state index in [0.717, 1.165) is 17.5 Å². The number of aryl methyl sites for hydroxylation is 1. The van der Waals surface area contributed by atoms with Crippen molar-refractivity contribution in [2.75, 3.05) is 6.61 Å². The second kappa shape index (κ2) is 11.6. The highest BCUT2D eigenvalue weighted by Gasteiger charge is 2.29. The summed E-state index contributed by atoms with van der Waals surface area (Å²) in [6.45, 7) is 8.01. The molecule has 1 N–H and O–H groups in total. The maximum atomic E-state index is 13.1. The number of hydrogen-bond acceptors (Lipinski definition) is 3. The molecule has 0 radical (unpaired) electrons. The topological polar surface area (TPSA) is 58.6 Å². The van der Waals surface area contributed by atoms with Crippen LogP contribution >= 0.6 is 11.6 Å². The molecule has 0 aliphatic heterocycles. The first-order valence-electron chi connectivity index (χ1n) is 10.4. The standard InChI is InChI=1S/C24H31ClN2O3/c1-5-18(4)26-24(29)22(6-2)27(15-19-10-12-20(25)13-11-19)23(28)16-30-21-9-7-8-17(3)14-21/h7-14,18,22H,5-6,15-16H2,1-4H3,(H,26,29). The second-order valence-corrected chi connectivity index (χ2v) is 7.93. The highest BCUT2D eigenvalue weighted by Crippen LogP contribution is 2.17. The molecule has 0 aliphatic rings. The molecule has 162 valence electrons. The zero-order valence-corrected chi connectivity index (χ0v) is 18.9. The maximum Gasteiger partial charge on any atom is 0.261 e. The Morgan fingerprint density at radius 1 is 1.10 bits per heavy atom. The molecule has 0 heterocycles. The van der Waals surface area contributed by atoms with Crippen LogP contribution in [0.4, 0.5) is 0 Å². The normalized spacial score (nSPS) is 12.7. The molecule has 0 saturated carbocycles. The fourth-order valence-corrected chi connectivity index (χ4v) is 3.21. The average molecular weight is 431 g/mol. The molecule has 0 spiro atoms. The van der Waals surface area contributed by atoms with Crippen LogP contribution in [0.15, 0.2) is 48.5 Å². The molecule has 2 unspecified atom stereocenters. The number of hydrogen-bond donors (Lipinski definition) is 1. The van der Waals surface area contributed by atoms with Crippen molar-refractivity contribution in [2.45, 2.75) is 59.2 Å². The van der Waals surface area contributed by atoms with Gasteiger partial charge in [-0.15, -0.1) is 0 Å². The number of nitrogens with one attached hydrogen (secondary N) is 1. The number of carbonyl (C=O) groups is 2. The summed E-state index contributed by atoms with van der Waals surface area (Å²) < 4.78 is 5.72. The van der Waals surface area contributed by atoms with Crippen LogP contribution in [0.1, 0.15) is 44.7 Å². The molecule has 0 aromatic heterocycles. The van der Waals surface area contributed by atoms with Crippen molar-refractivity contribution in [3.8, 4) is 5.75 Å². The van der Waals surface area contributed by atoms with Crippen LogP contribution in [-0.4, -0.2) is 35.4 Å². The number of benzene rings is 2. The summed E-state index contributed by atoms with van der Waals surface area (Å²) in [6.07, 6.45) is 1.33. The van der Waals surface area contributed by atoms with Gasteiger partial charge in [-0.1, -0.05) is 49.7 Å². The molecule has 2 rings (SSSR count). The molecule has 2 aromatic rings. The quantitative estimate of drug-likeness (QED) is 0.591. The van der Waals surface area contributed by atoms with Crippen LogP contribution in [0.3, 0.4) is 0 Å². The fraction of sp³-hybridized carbons (Fsp3) is 0.417. The van der Waals surface area contributed by atoms with Gasteiger partial charge in [-0.2, -0.15) is 0 Å². The molecule has 5 nitrogen and oxygen atoms in total. The Labute approximate surface area is 184 Å². The van der Waals surface area contributed by atoms with Gasteiger partial charge in [-0.05, 0) is 62.1 Å². The van der Waals surface area contributed by atoms with Crippen molar-refractivity contribution < 1.29 is 14.3 Å². The summed E-state index contributed by atoms with van der Waals surface area (Å²) in [4.78, 5) is 27.6. The molecule has 2 aromatic carbocycles. The van der Waals surface area contributed by atoms with E-state index >= 15 is 0 Å². The van der Waals surface area contributed by atoms with Crippen LogP contribution in [0, 0.1) is 6.92 Å². The Morgan fingerprint density at radius 2 is 1.80 bits per heavy atom. The lowest BCUT2D eigenvalue weighted by Gasteiger charge is -2.31. The lowest BCUT2D eigenvalue weighted by atomic mass is 10.1. The molecule has 2 atom stereocenters. The molecule has 6 heteroatoms. The molecule has 0 saturated heterocycles. The Kier molecular flexibility index (Phi) is 9.18. The first-order chi connectivity index (χ1) is 14.3. The van der Waals surface area contributed by atoms with Crippen LogP contribution in [0.25, 0.3) is 0 Å². The second-order valence-electron chi connectivity index (χ2n) is 7.50. The van der Waals surface area contributed by atoms with Crippen molar-refractivity contribution in [1.29, 1.82) is 0 Å². The molecule has 30 heavy (non-hydrogen) atoms. The van der Waals surface area contributed by atoms with Gasteiger partial charge < -0.3 is 15.0 Å². The Hall–Kier alpha value is -2.53. The van der Waals surface area contributed by atoms with Gasteiger partial charge in [0.05, 0.1) is 0 Å². The smallest absolute Gasteiger partial charge is 0.261 e. The predicted molar refractivity (Wildman–Crippen MR) is 121 cm³/mol. The van der Waals surface area contributed by atoms with Gasteiger partial charge in [0.25, 0.3) is 5.91 Å². The van der Waals surface area contributed by atoms with E-state index < -0.39 is 6.04 Å². The summed E-state index contributed by atoms with van der Waals surface area (Å²) >= 11 is 5.99.